The normalized spacial score (nSPS) is 11.5. The van der Waals surface area contributed by atoms with E-state index in [1.165, 1.54) is 37.4 Å². The highest BCUT2D eigenvalue weighted by Gasteiger charge is 2.23. The van der Waals surface area contributed by atoms with Crippen LogP contribution in [0.15, 0.2) is 47.4 Å². The van der Waals surface area contributed by atoms with Gasteiger partial charge >= 0.3 is 0 Å². The van der Waals surface area contributed by atoms with Crippen molar-refractivity contribution in [2.75, 3.05) is 18.9 Å². The third kappa shape index (κ3) is 4.28. The zero-order valence-corrected chi connectivity index (χ0v) is 14.0. The lowest BCUT2D eigenvalue weighted by Crippen LogP contribution is -2.35. The first-order chi connectivity index (χ1) is 11.2. The zero-order valence-electron chi connectivity index (χ0n) is 12.5. The van der Waals surface area contributed by atoms with Crippen molar-refractivity contribution in [1.29, 1.82) is 0 Å². The lowest BCUT2D eigenvalue weighted by atomic mass is 10.3. The Labute approximate surface area is 142 Å². The molecule has 2 aromatic rings. The van der Waals surface area contributed by atoms with Crippen molar-refractivity contribution in [3.63, 3.8) is 0 Å². The van der Waals surface area contributed by atoms with Crippen LogP contribution in [0.5, 0.6) is 0 Å². The Balaban J connectivity index is 2.07. The second-order valence-corrected chi connectivity index (χ2v) is 7.37. The molecule has 0 radical (unpaired) electrons. The molecular weight excluding hydrogens is 362 g/mol. The van der Waals surface area contributed by atoms with Gasteiger partial charge in [0.05, 0.1) is 11.4 Å². The van der Waals surface area contributed by atoms with Gasteiger partial charge in [0.2, 0.25) is 15.9 Å². The fourth-order valence-corrected chi connectivity index (χ4v) is 3.10. The monoisotopic (exact) mass is 374 g/mol. The number of benzene rings is 2. The summed E-state index contributed by atoms with van der Waals surface area (Å²) in [4.78, 5) is 11.9. The molecule has 0 bridgehead atoms. The molecule has 0 heterocycles. The molecule has 9 heteroatoms. The number of hydrogen-bond donors (Lipinski definition) is 1. The Bertz CT molecular complexity index is 858. The molecule has 0 saturated heterocycles. The smallest absolute Gasteiger partial charge is 0.243 e. The first-order valence-electron chi connectivity index (χ1n) is 6.67. The maximum absolute atomic E-state index is 13.1. The number of sulfonamides is 1. The Morgan fingerprint density at radius 1 is 1.12 bits per heavy atom. The summed E-state index contributed by atoms with van der Waals surface area (Å²) in [6, 6.07) is 8.32. The summed E-state index contributed by atoms with van der Waals surface area (Å²) >= 11 is 5.71. The van der Waals surface area contributed by atoms with E-state index < -0.39 is 34.1 Å². The highest BCUT2D eigenvalue weighted by molar-refractivity contribution is 7.89. The van der Waals surface area contributed by atoms with Gasteiger partial charge < -0.3 is 5.32 Å². The summed E-state index contributed by atoms with van der Waals surface area (Å²) in [6.07, 6.45) is 0. The zero-order chi connectivity index (χ0) is 17.9. The van der Waals surface area contributed by atoms with Gasteiger partial charge in [0, 0.05) is 23.8 Å². The molecule has 0 saturated carbocycles. The maximum atomic E-state index is 13.1. The Kier molecular flexibility index (Phi) is 5.53. The van der Waals surface area contributed by atoms with Gasteiger partial charge in [0.25, 0.3) is 0 Å². The van der Waals surface area contributed by atoms with Crippen molar-refractivity contribution in [2.45, 2.75) is 4.90 Å². The minimum atomic E-state index is -3.88. The van der Waals surface area contributed by atoms with Crippen molar-refractivity contribution in [3.05, 3.63) is 59.1 Å². The number of nitrogens with one attached hydrogen (secondary N) is 1. The number of rotatable bonds is 5. The van der Waals surface area contributed by atoms with Gasteiger partial charge in [0.15, 0.2) is 11.6 Å². The van der Waals surface area contributed by atoms with E-state index in [0.29, 0.717) is 5.02 Å². The lowest BCUT2D eigenvalue weighted by molar-refractivity contribution is -0.116. The third-order valence-corrected chi connectivity index (χ3v) is 5.16. The second-order valence-electron chi connectivity index (χ2n) is 4.89. The molecule has 0 aliphatic rings. The molecule has 2 rings (SSSR count). The number of likely N-dealkylation sites (N-methyl/N-ethyl adjacent to an activating group) is 1. The van der Waals surface area contributed by atoms with Crippen LogP contribution in [0.25, 0.3) is 0 Å². The van der Waals surface area contributed by atoms with Crippen molar-refractivity contribution < 1.29 is 22.0 Å². The number of anilines is 1. The minimum Gasteiger partial charge on any atom is -0.325 e. The number of halogens is 3. The second kappa shape index (κ2) is 7.25. The highest BCUT2D eigenvalue weighted by Crippen LogP contribution is 2.18. The average molecular weight is 375 g/mol. The van der Waals surface area contributed by atoms with Crippen molar-refractivity contribution in [2.24, 2.45) is 0 Å². The maximum Gasteiger partial charge on any atom is 0.243 e. The van der Waals surface area contributed by atoms with Gasteiger partial charge in [-0.1, -0.05) is 11.6 Å². The molecule has 128 valence electrons. The first-order valence-corrected chi connectivity index (χ1v) is 8.49. The first kappa shape index (κ1) is 18.3. The Morgan fingerprint density at radius 2 is 1.75 bits per heavy atom. The van der Waals surface area contributed by atoms with Crippen LogP contribution in [0.4, 0.5) is 14.5 Å². The van der Waals surface area contributed by atoms with Crippen LogP contribution >= 0.6 is 11.6 Å². The van der Waals surface area contributed by atoms with Crippen LogP contribution in [0.2, 0.25) is 5.02 Å². The number of hydrogen-bond acceptors (Lipinski definition) is 3. The summed E-state index contributed by atoms with van der Waals surface area (Å²) < 4.78 is 51.4. The molecule has 0 aliphatic carbocycles. The van der Waals surface area contributed by atoms with Gasteiger partial charge in [-0.25, -0.2) is 17.2 Å². The summed E-state index contributed by atoms with van der Waals surface area (Å²) in [6.45, 7) is -0.496. The van der Waals surface area contributed by atoms with E-state index >= 15 is 0 Å². The third-order valence-electron chi connectivity index (χ3n) is 3.09. The molecule has 0 atom stereocenters. The topological polar surface area (TPSA) is 66.5 Å². The van der Waals surface area contributed by atoms with E-state index in [2.05, 4.69) is 5.32 Å². The summed E-state index contributed by atoms with van der Waals surface area (Å²) in [7, 11) is -2.65. The van der Waals surface area contributed by atoms with Gasteiger partial charge in [-0.15, -0.1) is 0 Å². The number of amides is 1. The number of nitrogens with zero attached hydrogens (tertiary/aromatic N) is 1. The average Bonchev–Trinajstić information content (AvgIpc) is 2.51. The molecular formula is C15H13ClF2N2O3S. The fourth-order valence-electron chi connectivity index (χ4n) is 1.85. The van der Waals surface area contributed by atoms with Crippen LogP contribution < -0.4 is 5.32 Å². The summed E-state index contributed by atoms with van der Waals surface area (Å²) in [5.74, 6) is -2.86. The van der Waals surface area contributed by atoms with Gasteiger partial charge in [-0.05, 0) is 36.4 Å². The van der Waals surface area contributed by atoms with E-state index in [1.807, 2.05) is 0 Å². The van der Waals surface area contributed by atoms with Crippen molar-refractivity contribution >= 4 is 33.2 Å². The van der Waals surface area contributed by atoms with E-state index in [1.54, 1.807) is 0 Å². The molecule has 1 N–H and O–H groups in total. The molecule has 2 aromatic carbocycles. The molecule has 0 fully saturated rings. The Hall–Kier alpha value is -2.03. The van der Waals surface area contributed by atoms with Gasteiger partial charge in [-0.3, -0.25) is 4.79 Å². The molecule has 0 unspecified atom stereocenters. The predicted octanol–water partition coefficient (Wildman–Crippen LogP) is 2.88. The van der Waals surface area contributed by atoms with Crippen molar-refractivity contribution in [1.82, 2.24) is 4.31 Å². The number of carbonyl (C=O) groups is 1. The van der Waals surface area contributed by atoms with Crippen LogP contribution in [0.1, 0.15) is 0 Å². The molecule has 5 nitrogen and oxygen atoms in total. The molecule has 24 heavy (non-hydrogen) atoms. The molecule has 0 spiro atoms. The van der Waals surface area contributed by atoms with Crippen molar-refractivity contribution in [3.8, 4) is 0 Å². The highest BCUT2D eigenvalue weighted by atomic mass is 35.5. The fraction of sp³-hybridized carbons (Fsp3) is 0.133. The quantitative estimate of drug-likeness (QED) is 0.875. The van der Waals surface area contributed by atoms with Crippen LogP contribution in [0, 0.1) is 11.6 Å². The van der Waals surface area contributed by atoms with E-state index in [4.69, 9.17) is 11.6 Å². The van der Waals surface area contributed by atoms with Crippen LogP contribution in [-0.4, -0.2) is 32.2 Å². The van der Waals surface area contributed by atoms with Crippen LogP contribution in [-0.2, 0) is 14.8 Å². The van der Waals surface area contributed by atoms with Gasteiger partial charge in [-0.2, -0.15) is 4.31 Å². The molecule has 0 aromatic heterocycles. The predicted molar refractivity (Wildman–Crippen MR) is 86.3 cm³/mol. The largest absolute Gasteiger partial charge is 0.325 e. The van der Waals surface area contributed by atoms with Crippen LogP contribution in [0.3, 0.4) is 0 Å². The molecule has 0 aliphatic heterocycles. The summed E-state index contributed by atoms with van der Waals surface area (Å²) in [5.41, 5.74) is 0.0243. The lowest BCUT2D eigenvalue weighted by Gasteiger charge is -2.17. The molecule has 1 amide bonds. The summed E-state index contributed by atoms with van der Waals surface area (Å²) in [5, 5.41) is 2.68. The SMILES string of the molecule is CN(CC(=O)Nc1ccc(F)c(F)c1)S(=O)(=O)c1ccc(Cl)cc1. The van der Waals surface area contributed by atoms with E-state index in [-0.39, 0.29) is 10.6 Å². The van der Waals surface area contributed by atoms with E-state index in [9.17, 15) is 22.0 Å². The van der Waals surface area contributed by atoms with E-state index in [0.717, 1.165) is 16.4 Å². The standard InChI is InChI=1S/C15H13ClF2N2O3S/c1-20(24(22,23)12-5-2-10(16)3-6-12)9-15(21)19-11-4-7-13(17)14(18)8-11/h2-8H,9H2,1H3,(H,19,21). The van der Waals surface area contributed by atoms with Gasteiger partial charge in [0.1, 0.15) is 0 Å². The number of carbonyl (C=O) groups excluding carboxylic acids is 1. The minimum absolute atomic E-state index is 0.0185. The Morgan fingerprint density at radius 3 is 2.33 bits per heavy atom.